The maximum Gasteiger partial charge on any atom is 0.251 e. The van der Waals surface area contributed by atoms with Crippen LogP contribution in [0.25, 0.3) is 11.0 Å². The zero-order chi connectivity index (χ0) is 26.3. The van der Waals surface area contributed by atoms with Gasteiger partial charge in [-0.25, -0.2) is 23.1 Å². The quantitative estimate of drug-likeness (QED) is 0.199. The molecule has 1 aromatic carbocycles. The fraction of sp³-hybridized carbons (Fsp3) is 0.500. The first-order valence-corrected chi connectivity index (χ1v) is 15.1. The predicted octanol–water partition coefficient (Wildman–Crippen LogP) is 2.60. The van der Waals surface area contributed by atoms with Gasteiger partial charge in [-0.15, -0.1) is 0 Å². The molecule has 1 aliphatic rings. The summed E-state index contributed by atoms with van der Waals surface area (Å²) in [5.41, 5.74) is 1.08. The van der Waals surface area contributed by atoms with Gasteiger partial charge >= 0.3 is 0 Å². The Morgan fingerprint density at radius 1 is 1.11 bits per heavy atom. The maximum atomic E-state index is 12.8. The molecule has 1 fully saturated rings. The highest BCUT2D eigenvalue weighted by Crippen LogP contribution is 2.23. The van der Waals surface area contributed by atoms with Crippen molar-refractivity contribution in [1.82, 2.24) is 29.4 Å². The molecule has 0 radical (unpaired) electrons. The van der Waals surface area contributed by atoms with Crippen LogP contribution in [0.3, 0.4) is 0 Å². The molecule has 13 heteroatoms. The molecule has 0 atom stereocenters. The van der Waals surface area contributed by atoms with Gasteiger partial charge in [0.05, 0.1) is 29.6 Å². The van der Waals surface area contributed by atoms with Crippen LogP contribution in [0, 0.1) is 0 Å². The minimum Gasteiger partial charge on any atom is -0.380 e. The van der Waals surface area contributed by atoms with Gasteiger partial charge in [-0.2, -0.15) is 9.40 Å². The van der Waals surface area contributed by atoms with Gasteiger partial charge in [0.15, 0.2) is 10.8 Å². The summed E-state index contributed by atoms with van der Waals surface area (Å²) in [6, 6.07) is 6.10. The zero-order valence-electron chi connectivity index (χ0n) is 21.1. The lowest BCUT2D eigenvalue weighted by Gasteiger charge is -2.25. The number of anilines is 1. The lowest BCUT2D eigenvalue weighted by atomic mass is 10.2. The number of aromatic nitrogens is 4. The van der Waals surface area contributed by atoms with Gasteiger partial charge in [0.25, 0.3) is 5.91 Å². The van der Waals surface area contributed by atoms with Crippen molar-refractivity contribution < 1.29 is 17.9 Å². The van der Waals surface area contributed by atoms with Gasteiger partial charge in [-0.05, 0) is 50.3 Å². The van der Waals surface area contributed by atoms with E-state index in [2.05, 4.69) is 25.7 Å². The molecule has 0 saturated carbocycles. The van der Waals surface area contributed by atoms with Crippen molar-refractivity contribution in [3.05, 3.63) is 36.0 Å². The lowest BCUT2D eigenvalue weighted by Crippen LogP contribution is -2.35. The van der Waals surface area contributed by atoms with Crippen LogP contribution in [0.1, 0.15) is 36.5 Å². The van der Waals surface area contributed by atoms with Crippen molar-refractivity contribution in [3.8, 4) is 0 Å². The molecule has 0 spiro atoms. The van der Waals surface area contributed by atoms with E-state index >= 15 is 0 Å². The van der Waals surface area contributed by atoms with Crippen LogP contribution in [0.5, 0.6) is 0 Å². The summed E-state index contributed by atoms with van der Waals surface area (Å²) in [7, 11) is -3.53. The molecule has 0 aliphatic carbocycles. The number of rotatable bonds is 12. The zero-order valence-corrected chi connectivity index (χ0v) is 22.8. The van der Waals surface area contributed by atoms with Crippen LogP contribution in [0.4, 0.5) is 5.82 Å². The fourth-order valence-corrected chi connectivity index (χ4v) is 6.00. The van der Waals surface area contributed by atoms with Gasteiger partial charge < -0.3 is 15.4 Å². The Morgan fingerprint density at radius 3 is 2.57 bits per heavy atom. The van der Waals surface area contributed by atoms with Gasteiger partial charge in [-0.1, -0.05) is 18.2 Å². The third-order valence-electron chi connectivity index (χ3n) is 6.08. The van der Waals surface area contributed by atoms with Gasteiger partial charge in [-0.3, -0.25) is 4.79 Å². The minimum absolute atomic E-state index is 0.212. The SMILES string of the molecule is CCOCCNc1nc(SC)nc2c1cnn2CCNC(=O)c1ccc(S(=O)(=O)N2CCCCC2)cc1. The number of sulfonamides is 1. The van der Waals surface area contributed by atoms with Gasteiger partial charge in [0, 0.05) is 38.3 Å². The second-order valence-electron chi connectivity index (χ2n) is 8.53. The Hall–Kier alpha value is -2.74. The number of hydrogen-bond donors (Lipinski definition) is 2. The highest BCUT2D eigenvalue weighted by Gasteiger charge is 2.26. The Labute approximate surface area is 221 Å². The van der Waals surface area contributed by atoms with Crippen molar-refractivity contribution in [2.45, 2.75) is 42.8 Å². The Bertz CT molecular complexity index is 1310. The monoisotopic (exact) mass is 547 g/mol. The Balaban J connectivity index is 1.37. The van der Waals surface area contributed by atoms with E-state index in [0.29, 0.717) is 68.1 Å². The first-order chi connectivity index (χ1) is 17.9. The highest BCUT2D eigenvalue weighted by atomic mass is 32.2. The van der Waals surface area contributed by atoms with E-state index in [1.165, 1.54) is 28.2 Å². The Morgan fingerprint density at radius 2 is 1.86 bits per heavy atom. The molecule has 1 aliphatic heterocycles. The summed E-state index contributed by atoms with van der Waals surface area (Å²) >= 11 is 1.44. The predicted molar refractivity (Wildman–Crippen MR) is 143 cm³/mol. The fourth-order valence-electron chi connectivity index (χ4n) is 4.12. The van der Waals surface area contributed by atoms with E-state index in [9.17, 15) is 13.2 Å². The first-order valence-electron chi connectivity index (χ1n) is 12.4. The Kier molecular flexibility index (Phi) is 9.35. The second kappa shape index (κ2) is 12.7. The van der Waals surface area contributed by atoms with Crippen molar-refractivity contribution in [2.75, 3.05) is 51.0 Å². The molecular weight excluding hydrogens is 514 g/mol. The van der Waals surface area contributed by atoms with Crippen LogP contribution in [0.2, 0.25) is 0 Å². The van der Waals surface area contributed by atoms with Crippen molar-refractivity contribution in [2.24, 2.45) is 0 Å². The molecule has 1 amide bonds. The normalized spacial score (nSPS) is 14.6. The summed E-state index contributed by atoms with van der Waals surface area (Å²) in [6.45, 7) is 5.63. The smallest absolute Gasteiger partial charge is 0.251 e. The summed E-state index contributed by atoms with van der Waals surface area (Å²) < 4.78 is 34.3. The number of nitrogens with zero attached hydrogens (tertiary/aromatic N) is 5. The molecule has 0 bridgehead atoms. The van der Waals surface area contributed by atoms with E-state index in [4.69, 9.17) is 4.74 Å². The molecule has 3 heterocycles. The number of piperidine rings is 1. The van der Waals surface area contributed by atoms with E-state index in [1.807, 2.05) is 13.2 Å². The number of thioether (sulfide) groups is 1. The molecule has 3 aromatic rings. The van der Waals surface area contributed by atoms with Crippen molar-refractivity contribution in [1.29, 1.82) is 0 Å². The molecule has 4 rings (SSSR count). The van der Waals surface area contributed by atoms with E-state index in [-0.39, 0.29) is 10.8 Å². The summed E-state index contributed by atoms with van der Waals surface area (Å²) in [5.74, 6) is 0.417. The van der Waals surface area contributed by atoms with E-state index < -0.39 is 10.0 Å². The van der Waals surface area contributed by atoms with Crippen molar-refractivity contribution >= 4 is 44.5 Å². The molecule has 2 aromatic heterocycles. The average molecular weight is 548 g/mol. The van der Waals surface area contributed by atoms with E-state index in [1.54, 1.807) is 23.0 Å². The van der Waals surface area contributed by atoms with Gasteiger partial charge in [0.1, 0.15) is 5.82 Å². The minimum atomic E-state index is -3.53. The van der Waals surface area contributed by atoms with Crippen LogP contribution in [-0.2, 0) is 21.3 Å². The standard InChI is InChI=1S/C24H33N7O4S2/c1-3-35-16-12-25-21-20-17-27-31(22(20)29-24(28-21)36-2)15-11-26-23(32)18-7-9-19(10-8-18)37(33,34)30-13-5-4-6-14-30/h7-10,17H,3-6,11-16H2,1-2H3,(H,26,32)(H,25,28,29). The third kappa shape index (κ3) is 6.58. The lowest BCUT2D eigenvalue weighted by molar-refractivity contribution is 0.0952. The summed E-state index contributed by atoms with van der Waals surface area (Å²) in [4.78, 5) is 22.0. The highest BCUT2D eigenvalue weighted by molar-refractivity contribution is 7.98. The first kappa shape index (κ1) is 27.3. The second-order valence-corrected chi connectivity index (χ2v) is 11.2. The molecular formula is C24H33N7O4S2. The number of nitrogens with one attached hydrogen (secondary N) is 2. The third-order valence-corrected chi connectivity index (χ3v) is 8.54. The van der Waals surface area contributed by atoms with Crippen LogP contribution in [0.15, 0.2) is 40.5 Å². The average Bonchev–Trinajstić information content (AvgIpc) is 3.34. The number of hydrogen-bond acceptors (Lipinski definition) is 9. The number of benzene rings is 1. The summed E-state index contributed by atoms with van der Waals surface area (Å²) in [6.07, 6.45) is 6.43. The molecule has 200 valence electrons. The largest absolute Gasteiger partial charge is 0.380 e. The van der Waals surface area contributed by atoms with Gasteiger partial charge in [0.2, 0.25) is 10.0 Å². The molecule has 11 nitrogen and oxygen atoms in total. The molecule has 0 unspecified atom stereocenters. The van der Waals surface area contributed by atoms with Crippen LogP contribution < -0.4 is 10.6 Å². The number of fused-ring (bicyclic) bond motifs is 1. The van der Waals surface area contributed by atoms with E-state index in [0.717, 1.165) is 24.6 Å². The molecule has 1 saturated heterocycles. The molecule has 2 N–H and O–H groups in total. The number of ether oxygens (including phenoxy) is 1. The van der Waals surface area contributed by atoms with Crippen LogP contribution in [-0.4, -0.2) is 84.0 Å². The maximum absolute atomic E-state index is 12.8. The molecule has 37 heavy (non-hydrogen) atoms. The van der Waals surface area contributed by atoms with Crippen LogP contribution >= 0.6 is 11.8 Å². The summed E-state index contributed by atoms with van der Waals surface area (Å²) in [5, 5.41) is 12.0. The number of amides is 1. The number of carbonyl (C=O) groups excluding carboxylic acids is 1. The van der Waals surface area contributed by atoms with Crippen molar-refractivity contribution in [3.63, 3.8) is 0 Å². The topological polar surface area (TPSA) is 131 Å². The number of carbonyl (C=O) groups is 1.